The lowest BCUT2D eigenvalue weighted by atomic mass is 10.1. The van der Waals surface area contributed by atoms with Crippen LogP contribution in [0.1, 0.15) is 33.6 Å². The Morgan fingerprint density at radius 2 is 2.12 bits per heavy atom. The second-order valence-electron chi connectivity index (χ2n) is 4.76. The van der Waals surface area contributed by atoms with E-state index in [9.17, 15) is 0 Å². The van der Waals surface area contributed by atoms with E-state index in [0.29, 0.717) is 17.9 Å². The molecule has 1 fully saturated rings. The normalized spacial score (nSPS) is 25.6. The van der Waals surface area contributed by atoms with Gasteiger partial charge in [-0.25, -0.2) is 0 Å². The first-order valence-corrected chi connectivity index (χ1v) is 6.39. The van der Waals surface area contributed by atoms with Gasteiger partial charge in [0.05, 0.1) is 5.84 Å². The fraction of sp³-hybridized carbons (Fsp3) is 0.917. The molecule has 0 spiro atoms. The van der Waals surface area contributed by atoms with E-state index < -0.39 is 0 Å². The average Bonchev–Trinajstić information content (AvgIpc) is 2.25. The molecule has 3 N–H and O–H groups in total. The van der Waals surface area contributed by atoms with Gasteiger partial charge in [-0.2, -0.15) is 0 Å². The van der Waals surface area contributed by atoms with Crippen LogP contribution < -0.4 is 5.73 Å². The Morgan fingerprint density at radius 3 is 2.56 bits per heavy atom. The zero-order chi connectivity index (χ0) is 12.1. The van der Waals surface area contributed by atoms with Gasteiger partial charge in [-0.3, -0.25) is 15.2 Å². The molecule has 0 aromatic heterocycles. The van der Waals surface area contributed by atoms with Gasteiger partial charge >= 0.3 is 0 Å². The van der Waals surface area contributed by atoms with Crippen molar-refractivity contribution in [2.75, 3.05) is 26.2 Å². The van der Waals surface area contributed by atoms with Crippen molar-refractivity contribution < 1.29 is 0 Å². The summed E-state index contributed by atoms with van der Waals surface area (Å²) in [5.74, 6) is 0.317. The highest BCUT2D eigenvalue weighted by Gasteiger charge is 2.26. The van der Waals surface area contributed by atoms with E-state index in [4.69, 9.17) is 11.1 Å². The van der Waals surface area contributed by atoms with Gasteiger partial charge in [-0.1, -0.05) is 13.8 Å². The Hall–Kier alpha value is -0.610. The van der Waals surface area contributed by atoms with Gasteiger partial charge < -0.3 is 5.73 Å². The Balaban J connectivity index is 2.51. The Kier molecular flexibility index (Phi) is 5.22. The summed E-state index contributed by atoms with van der Waals surface area (Å²) in [5.41, 5.74) is 5.51. The summed E-state index contributed by atoms with van der Waals surface area (Å²) in [4.78, 5) is 5.01. The summed E-state index contributed by atoms with van der Waals surface area (Å²) in [6.07, 6.45) is 1.80. The third-order valence-electron chi connectivity index (χ3n) is 3.65. The lowest BCUT2D eigenvalue weighted by molar-refractivity contribution is 0.0592. The molecule has 0 amide bonds. The number of rotatable bonds is 5. The first-order valence-electron chi connectivity index (χ1n) is 6.39. The van der Waals surface area contributed by atoms with E-state index in [1.165, 1.54) is 0 Å². The lowest BCUT2D eigenvalue weighted by Crippen LogP contribution is -2.55. The van der Waals surface area contributed by atoms with E-state index in [1.807, 2.05) is 0 Å². The monoisotopic (exact) mass is 226 g/mol. The van der Waals surface area contributed by atoms with Crippen LogP contribution in [-0.2, 0) is 0 Å². The molecule has 2 unspecified atom stereocenters. The predicted molar refractivity (Wildman–Crippen MR) is 68.9 cm³/mol. The van der Waals surface area contributed by atoms with Crippen LogP contribution in [0.4, 0.5) is 0 Å². The Morgan fingerprint density at radius 1 is 1.44 bits per heavy atom. The molecule has 0 aromatic rings. The van der Waals surface area contributed by atoms with Crippen molar-refractivity contribution in [3.05, 3.63) is 0 Å². The summed E-state index contributed by atoms with van der Waals surface area (Å²) in [5, 5.41) is 7.41. The van der Waals surface area contributed by atoms with Crippen molar-refractivity contribution in [1.29, 1.82) is 5.41 Å². The maximum absolute atomic E-state index is 7.41. The first-order chi connectivity index (χ1) is 7.58. The zero-order valence-electron chi connectivity index (χ0n) is 10.9. The highest BCUT2D eigenvalue weighted by atomic mass is 15.3. The third-order valence-corrected chi connectivity index (χ3v) is 3.65. The molecule has 4 heteroatoms. The molecule has 16 heavy (non-hydrogen) atoms. The maximum atomic E-state index is 7.41. The quantitative estimate of drug-likeness (QED) is 0.545. The van der Waals surface area contributed by atoms with Crippen molar-refractivity contribution >= 4 is 5.84 Å². The molecule has 2 atom stereocenters. The van der Waals surface area contributed by atoms with Crippen LogP contribution in [0.2, 0.25) is 0 Å². The Labute approximate surface area is 99.3 Å². The smallest absolute Gasteiger partial charge is 0.0921 e. The largest absolute Gasteiger partial charge is 0.388 e. The molecule has 1 heterocycles. The van der Waals surface area contributed by atoms with Crippen LogP contribution in [0.25, 0.3) is 0 Å². The number of hydrogen-bond acceptors (Lipinski definition) is 3. The molecule has 0 aliphatic carbocycles. The first kappa shape index (κ1) is 13.5. The van der Waals surface area contributed by atoms with E-state index >= 15 is 0 Å². The molecule has 94 valence electrons. The van der Waals surface area contributed by atoms with Crippen LogP contribution in [0.15, 0.2) is 0 Å². The van der Waals surface area contributed by atoms with Crippen molar-refractivity contribution in [3.63, 3.8) is 0 Å². The summed E-state index contributed by atoms with van der Waals surface area (Å²) < 4.78 is 0. The van der Waals surface area contributed by atoms with E-state index in [1.54, 1.807) is 0 Å². The van der Waals surface area contributed by atoms with Gasteiger partial charge in [0, 0.05) is 38.1 Å². The standard InChI is InChI=1S/C12H26N4/c1-4-11(8-12(13)14)16-7-6-15(5-2)10(3)9-16/h10-11H,4-9H2,1-3H3,(H3,13,14). The van der Waals surface area contributed by atoms with Crippen LogP contribution in [0, 0.1) is 5.41 Å². The molecule has 1 rings (SSSR count). The van der Waals surface area contributed by atoms with Crippen LogP contribution in [-0.4, -0.2) is 53.9 Å². The molecule has 0 aromatic carbocycles. The maximum Gasteiger partial charge on any atom is 0.0921 e. The number of likely N-dealkylation sites (N-methyl/N-ethyl adjacent to an activating group) is 1. The van der Waals surface area contributed by atoms with E-state index in [0.717, 1.165) is 39.0 Å². The number of hydrogen-bond donors (Lipinski definition) is 2. The second-order valence-corrected chi connectivity index (χ2v) is 4.76. The van der Waals surface area contributed by atoms with E-state index in [-0.39, 0.29) is 0 Å². The topological polar surface area (TPSA) is 56.4 Å². The van der Waals surface area contributed by atoms with Gasteiger partial charge in [0.1, 0.15) is 0 Å². The molecule has 1 aliphatic heterocycles. The van der Waals surface area contributed by atoms with Gasteiger partial charge in [-0.15, -0.1) is 0 Å². The molecular weight excluding hydrogens is 200 g/mol. The number of nitrogens with zero attached hydrogens (tertiary/aromatic N) is 2. The number of amidine groups is 1. The highest BCUT2D eigenvalue weighted by molar-refractivity contribution is 5.77. The van der Waals surface area contributed by atoms with E-state index in [2.05, 4.69) is 30.6 Å². The van der Waals surface area contributed by atoms with Crippen molar-refractivity contribution in [1.82, 2.24) is 9.80 Å². The van der Waals surface area contributed by atoms with Crippen LogP contribution in [0.3, 0.4) is 0 Å². The Bertz CT molecular complexity index is 229. The minimum atomic E-state index is 0.317. The summed E-state index contributed by atoms with van der Waals surface area (Å²) in [6, 6.07) is 1.08. The molecule has 4 nitrogen and oxygen atoms in total. The van der Waals surface area contributed by atoms with Crippen LogP contribution >= 0.6 is 0 Å². The average molecular weight is 226 g/mol. The number of nitrogens with one attached hydrogen (secondary N) is 1. The molecule has 0 radical (unpaired) electrons. The zero-order valence-corrected chi connectivity index (χ0v) is 10.9. The fourth-order valence-electron chi connectivity index (χ4n) is 2.61. The number of nitrogens with two attached hydrogens (primary N) is 1. The number of piperazine rings is 1. The van der Waals surface area contributed by atoms with Gasteiger partial charge in [0.25, 0.3) is 0 Å². The fourth-order valence-corrected chi connectivity index (χ4v) is 2.61. The molecule has 1 saturated heterocycles. The van der Waals surface area contributed by atoms with Crippen molar-refractivity contribution in [3.8, 4) is 0 Å². The van der Waals surface area contributed by atoms with Gasteiger partial charge in [0.2, 0.25) is 0 Å². The van der Waals surface area contributed by atoms with Crippen molar-refractivity contribution in [2.45, 2.75) is 45.7 Å². The SMILES string of the molecule is CCC(CC(=N)N)N1CCN(CC)C(C)C1. The summed E-state index contributed by atoms with van der Waals surface area (Å²) in [7, 11) is 0. The lowest BCUT2D eigenvalue weighted by Gasteiger charge is -2.42. The molecule has 0 saturated carbocycles. The summed E-state index contributed by atoms with van der Waals surface area (Å²) >= 11 is 0. The highest BCUT2D eigenvalue weighted by Crippen LogP contribution is 2.15. The molecular formula is C12H26N4. The van der Waals surface area contributed by atoms with Gasteiger partial charge in [-0.05, 0) is 19.9 Å². The molecule has 1 aliphatic rings. The minimum Gasteiger partial charge on any atom is -0.388 e. The summed E-state index contributed by atoms with van der Waals surface area (Å²) in [6.45, 7) is 11.2. The minimum absolute atomic E-state index is 0.317. The van der Waals surface area contributed by atoms with Gasteiger partial charge in [0.15, 0.2) is 0 Å². The predicted octanol–water partition coefficient (Wildman–Crippen LogP) is 1.12. The van der Waals surface area contributed by atoms with Crippen LogP contribution in [0.5, 0.6) is 0 Å². The molecule has 0 bridgehead atoms. The van der Waals surface area contributed by atoms with Crippen molar-refractivity contribution in [2.24, 2.45) is 5.73 Å². The second kappa shape index (κ2) is 6.21. The third kappa shape index (κ3) is 3.46.